The Labute approximate surface area is 153 Å². The first kappa shape index (κ1) is 19.7. The molecule has 0 amide bonds. The van der Waals surface area contributed by atoms with E-state index in [9.17, 15) is 13.6 Å². The number of imidazole rings is 1. The lowest BCUT2D eigenvalue weighted by atomic mass is 10.2. The Morgan fingerprint density at radius 1 is 1.42 bits per heavy atom. The Bertz CT molecular complexity index is 890. The molecule has 0 fully saturated rings. The summed E-state index contributed by atoms with van der Waals surface area (Å²) in [6, 6.07) is 1.84. The molecule has 0 radical (unpaired) electrons. The van der Waals surface area contributed by atoms with Gasteiger partial charge in [-0.15, -0.1) is 0 Å². The molecule has 1 aromatic heterocycles. The monoisotopic (exact) mass is 384 g/mol. The second kappa shape index (κ2) is 8.63. The van der Waals surface area contributed by atoms with Crippen molar-refractivity contribution in [3.05, 3.63) is 62.9 Å². The number of nitrogens with one attached hydrogen (secondary N) is 2. The van der Waals surface area contributed by atoms with Gasteiger partial charge in [0.25, 0.3) is 0 Å². The number of hydrogen-bond donors (Lipinski definition) is 4. The van der Waals surface area contributed by atoms with Crippen LogP contribution in [0.2, 0.25) is 5.02 Å². The van der Waals surface area contributed by atoms with Crippen molar-refractivity contribution in [2.75, 3.05) is 18.8 Å². The van der Waals surface area contributed by atoms with E-state index in [4.69, 9.17) is 23.1 Å². The smallest absolute Gasteiger partial charge is 0.327 e. The van der Waals surface area contributed by atoms with Gasteiger partial charge in [-0.3, -0.25) is 4.57 Å². The van der Waals surface area contributed by atoms with Crippen LogP contribution in [0.1, 0.15) is 17.7 Å². The van der Waals surface area contributed by atoms with Gasteiger partial charge < -0.3 is 21.8 Å². The summed E-state index contributed by atoms with van der Waals surface area (Å²) in [6.45, 7) is 4.52. The number of benzene rings is 1. The summed E-state index contributed by atoms with van der Waals surface area (Å²) in [4.78, 5) is 18.6. The molecule has 0 unspecified atom stereocenters. The van der Waals surface area contributed by atoms with Gasteiger partial charge in [0, 0.05) is 12.1 Å². The quantitative estimate of drug-likeness (QED) is 0.314. The van der Waals surface area contributed by atoms with Gasteiger partial charge in [0.2, 0.25) is 0 Å². The van der Waals surface area contributed by atoms with Crippen molar-refractivity contribution in [1.29, 1.82) is 0 Å². The van der Waals surface area contributed by atoms with Crippen LogP contribution in [0.3, 0.4) is 0 Å². The number of H-pyrrole nitrogens is 1. The molecule has 0 aliphatic carbocycles. The van der Waals surface area contributed by atoms with Crippen molar-refractivity contribution in [3.8, 4) is 0 Å². The molecule has 1 heterocycles. The van der Waals surface area contributed by atoms with E-state index in [1.54, 1.807) is 0 Å². The third-order valence-electron chi connectivity index (χ3n) is 3.57. The number of rotatable bonds is 8. The summed E-state index contributed by atoms with van der Waals surface area (Å²) in [5, 5.41) is 2.54. The van der Waals surface area contributed by atoms with Crippen molar-refractivity contribution in [1.82, 2.24) is 14.9 Å². The average Bonchev–Trinajstić information content (AvgIpc) is 2.87. The third kappa shape index (κ3) is 4.50. The minimum atomic E-state index is -0.785. The summed E-state index contributed by atoms with van der Waals surface area (Å²) >= 11 is 5.79. The Hall–Kier alpha value is -2.65. The summed E-state index contributed by atoms with van der Waals surface area (Å²) in [5.74, 6) is -1.15. The van der Waals surface area contributed by atoms with Gasteiger partial charge in [-0.25, -0.2) is 18.6 Å². The maximum atomic E-state index is 13.9. The van der Waals surface area contributed by atoms with Gasteiger partial charge in [0.15, 0.2) is 0 Å². The lowest BCUT2D eigenvalue weighted by Crippen LogP contribution is -2.20. The van der Waals surface area contributed by atoms with Crippen LogP contribution < -0.4 is 22.5 Å². The van der Waals surface area contributed by atoms with E-state index >= 15 is 0 Å². The molecule has 0 atom stereocenters. The van der Waals surface area contributed by atoms with E-state index in [0.717, 1.165) is 23.1 Å². The highest BCUT2D eigenvalue weighted by Crippen LogP contribution is 2.24. The van der Waals surface area contributed by atoms with E-state index in [-0.39, 0.29) is 23.6 Å². The molecule has 7 nitrogen and oxygen atoms in total. The fraction of sp³-hybridized carbons (Fsp3) is 0.250. The SMILES string of the molecule is C=C(/N=C\c1[nH]c(=O)n(Cc2c(F)ccc(F)c2Cl)c1N)NCCCN. The molecule has 10 heteroatoms. The second-order valence-corrected chi connectivity index (χ2v) is 5.79. The van der Waals surface area contributed by atoms with Gasteiger partial charge >= 0.3 is 5.69 Å². The van der Waals surface area contributed by atoms with Gasteiger partial charge in [-0.05, 0) is 25.1 Å². The highest BCUT2D eigenvalue weighted by atomic mass is 35.5. The van der Waals surface area contributed by atoms with Crippen molar-refractivity contribution in [2.45, 2.75) is 13.0 Å². The standard InChI is InChI=1S/C16H19ClF2N6O/c1-9(22-6-2-5-20)23-7-13-15(21)25(16(26)24-13)8-10-11(18)3-4-12(19)14(10)17/h3-4,7,22H,1-2,5-6,8,20-21H2,(H,24,26)/b23-7-. The number of anilines is 1. The zero-order valence-corrected chi connectivity index (χ0v) is 14.6. The zero-order chi connectivity index (χ0) is 19.3. The first-order valence-corrected chi connectivity index (χ1v) is 8.10. The lowest BCUT2D eigenvalue weighted by molar-refractivity contribution is 0.576. The van der Waals surface area contributed by atoms with Crippen LogP contribution in [-0.2, 0) is 6.54 Å². The predicted octanol–water partition coefficient (Wildman–Crippen LogP) is 1.57. The van der Waals surface area contributed by atoms with Gasteiger partial charge in [-0.1, -0.05) is 18.2 Å². The fourth-order valence-electron chi connectivity index (χ4n) is 2.15. The topological polar surface area (TPSA) is 114 Å². The van der Waals surface area contributed by atoms with Crippen LogP contribution in [0.25, 0.3) is 0 Å². The second-order valence-electron chi connectivity index (χ2n) is 5.41. The van der Waals surface area contributed by atoms with Crippen molar-refractivity contribution in [2.24, 2.45) is 10.7 Å². The molecule has 0 aliphatic rings. The van der Waals surface area contributed by atoms with E-state index in [1.165, 1.54) is 6.21 Å². The molecule has 140 valence electrons. The molecule has 0 aliphatic heterocycles. The predicted molar refractivity (Wildman–Crippen MR) is 98.3 cm³/mol. The van der Waals surface area contributed by atoms with Gasteiger partial charge in [0.1, 0.15) is 29.0 Å². The first-order chi connectivity index (χ1) is 12.3. The molecule has 26 heavy (non-hydrogen) atoms. The maximum absolute atomic E-state index is 13.9. The number of aromatic nitrogens is 2. The van der Waals surface area contributed by atoms with E-state index in [1.807, 2.05) is 0 Å². The molecule has 0 saturated carbocycles. The molecular formula is C16H19ClF2N6O. The van der Waals surface area contributed by atoms with Crippen LogP contribution in [0, 0.1) is 11.6 Å². The molecule has 0 saturated heterocycles. The molecule has 1 aromatic carbocycles. The Morgan fingerprint density at radius 3 is 2.81 bits per heavy atom. The first-order valence-electron chi connectivity index (χ1n) is 7.72. The van der Waals surface area contributed by atoms with Crippen LogP contribution in [0.4, 0.5) is 14.6 Å². The van der Waals surface area contributed by atoms with Crippen molar-refractivity contribution < 1.29 is 8.78 Å². The number of nitrogens with zero attached hydrogens (tertiary/aromatic N) is 2. The fourth-order valence-corrected chi connectivity index (χ4v) is 2.36. The number of aromatic amines is 1. The van der Waals surface area contributed by atoms with E-state index in [0.29, 0.717) is 18.9 Å². The zero-order valence-electron chi connectivity index (χ0n) is 13.9. The minimum Gasteiger partial charge on any atom is -0.383 e. The summed E-state index contributed by atoms with van der Waals surface area (Å²) in [6.07, 6.45) is 2.07. The van der Waals surface area contributed by atoms with Crippen molar-refractivity contribution in [3.63, 3.8) is 0 Å². The number of halogens is 3. The molecule has 0 spiro atoms. The number of aliphatic imine (C=N–C) groups is 1. The van der Waals surface area contributed by atoms with Crippen LogP contribution in [0.15, 0.2) is 34.3 Å². The molecular weight excluding hydrogens is 366 g/mol. The highest BCUT2D eigenvalue weighted by molar-refractivity contribution is 6.31. The Morgan fingerprint density at radius 2 is 2.12 bits per heavy atom. The molecule has 2 rings (SSSR count). The Kier molecular flexibility index (Phi) is 6.53. The van der Waals surface area contributed by atoms with E-state index < -0.39 is 22.3 Å². The highest BCUT2D eigenvalue weighted by Gasteiger charge is 2.16. The van der Waals surface area contributed by atoms with Crippen LogP contribution in [0.5, 0.6) is 0 Å². The molecule has 2 aromatic rings. The van der Waals surface area contributed by atoms with Gasteiger partial charge in [-0.2, -0.15) is 0 Å². The van der Waals surface area contributed by atoms with Crippen molar-refractivity contribution >= 4 is 23.6 Å². The van der Waals surface area contributed by atoms with E-state index in [2.05, 4.69) is 21.9 Å². The van der Waals surface area contributed by atoms with Gasteiger partial charge in [0.05, 0.1) is 17.8 Å². The minimum absolute atomic E-state index is 0.00763. The summed E-state index contributed by atoms with van der Waals surface area (Å²) in [5.41, 5.74) is 10.7. The number of nitrogens with two attached hydrogens (primary N) is 2. The Balaban J connectivity index is 2.22. The number of hydrogen-bond acceptors (Lipinski definition) is 5. The largest absolute Gasteiger partial charge is 0.383 e. The number of nitrogen functional groups attached to an aromatic ring is 1. The summed E-state index contributed by atoms with van der Waals surface area (Å²) < 4.78 is 28.5. The van der Waals surface area contributed by atoms with Crippen LogP contribution >= 0.6 is 11.6 Å². The maximum Gasteiger partial charge on any atom is 0.327 e. The lowest BCUT2D eigenvalue weighted by Gasteiger charge is -2.08. The normalized spacial score (nSPS) is 11.2. The van der Waals surface area contributed by atoms with Crippen LogP contribution in [-0.4, -0.2) is 28.9 Å². The molecule has 0 bridgehead atoms. The molecule has 6 N–H and O–H groups in total. The summed E-state index contributed by atoms with van der Waals surface area (Å²) in [7, 11) is 0. The average molecular weight is 385 g/mol. The third-order valence-corrected chi connectivity index (χ3v) is 3.98.